The summed E-state index contributed by atoms with van der Waals surface area (Å²) in [6.07, 6.45) is 0.218. The van der Waals surface area contributed by atoms with E-state index in [-0.39, 0.29) is 11.3 Å². The predicted octanol–water partition coefficient (Wildman–Crippen LogP) is 2.98. The lowest BCUT2D eigenvalue weighted by atomic mass is 10.0. The highest BCUT2D eigenvalue weighted by Crippen LogP contribution is 2.26. The number of nitrogens with one attached hydrogen (secondary N) is 1. The Hall–Kier alpha value is -2.18. The molecule has 2 aromatic rings. The fourth-order valence-electron chi connectivity index (χ4n) is 3.00. The Kier molecular flexibility index (Phi) is 6.21. The molecule has 0 spiro atoms. The van der Waals surface area contributed by atoms with Crippen molar-refractivity contribution in [1.29, 1.82) is 0 Å². The Morgan fingerprint density at radius 2 is 1.58 bits per heavy atom. The molecule has 5 nitrogen and oxygen atoms in total. The number of hydrogen-bond donors (Lipinski definition) is 1. The van der Waals surface area contributed by atoms with E-state index >= 15 is 0 Å². The first-order valence-electron chi connectivity index (χ1n) is 8.39. The van der Waals surface area contributed by atoms with Crippen LogP contribution in [-0.4, -0.2) is 27.5 Å². The molecule has 0 heterocycles. The zero-order chi connectivity index (χ0) is 19.5. The maximum Gasteiger partial charge on any atom is 0.324 e. The fraction of sp³-hybridized carbons (Fsp3) is 0.350. The van der Waals surface area contributed by atoms with Gasteiger partial charge >= 0.3 is 5.97 Å². The van der Waals surface area contributed by atoms with Crippen molar-refractivity contribution in [3.8, 4) is 0 Å². The van der Waals surface area contributed by atoms with Crippen LogP contribution in [0.5, 0.6) is 0 Å². The van der Waals surface area contributed by atoms with E-state index in [2.05, 4.69) is 4.72 Å². The molecule has 1 N–H and O–H groups in total. The summed E-state index contributed by atoms with van der Waals surface area (Å²) >= 11 is 0. The van der Waals surface area contributed by atoms with Crippen molar-refractivity contribution in [2.75, 3.05) is 7.11 Å². The number of hydrogen-bond acceptors (Lipinski definition) is 4. The molecule has 0 amide bonds. The predicted molar refractivity (Wildman–Crippen MR) is 102 cm³/mol. The molecule has 1 unspecified atom stereocenters. The van der Waals surface area contributed by atoms with Gasteiger partial charge in [-0.05, 0) is 61.9 Å². The second-order valence-corrected chi connectivity index (χ2v) is 8.13. The lowest BCUT2D eigenvalue weighted by Crippen LogP contribution is -2.43. The molecular formula is C20H25NO4S. The van der Waals surface area contributed by atoms with Gasteiger partial charge in [0.25, 0.3) is 0 Å². The highest BCUT2D eigenvalue weighted by Gasteiger charge is 2.29. The highest BCUT2D eigenvalue weighted by atomic mass is 32.2. The lowest BCUT2D eigenvalue weighted by Gasteiger charge is -2.20. The molecule has 0 aliphatic heterocycles. The van der Waals surface area contributed by atoms with Crippen LogP contribution in [0.2, 0.25) is 0 Å². The number of rotatable bonds is 6. The van der Waals surface area contributed by atoms with E-state index in [1.165, 1.54) is 7.11 Å². The third-order valence-electron chi connectivity index (χ3n) is 4.63. The molecule has 0 bridgehead atoms. The van der Waals surface area contributed by atoms with E-state index in [0.29, 0.717) is 11.1 Å². The number of methoxy groups -OCH3 is 1. The first kappa shape index (κ1) is 20.1. The summed E-state index contributed by atoms with van der Waals surface area (Å²) in [5, 5.41) is 0. The molecule has 140 valence electrons. The summed E-state index contributed by atoms with van der Waals surface area (Å²) in [4.78, 5) is 12.4. The molecular weight excluding hydrogens is 350 g/mol. The fourth-order valence-corrected chi connectivity index (χ4v) is 4.80. The summed E-state index contributed by atoms with van der Waals surface area (Å²) in [7, 11) is -2.64. The third kappa shape index (κ3) is 4.31. The molecule has 0 aliphatic rings. The topological polar surface area (TPSA) is 72.5 Å². The molecule has 2 aromatic carbocycles. The minimum Gasteiger partial charge on any atom is -0.468 e. The molecule has 0 aromatic heterocycles. The minimum atomic E-state index is -3.89. The Morgan fingerprint density at radius 1 is 1.04 bits per heavy atom. The van der Waals surface area contributed by atoms with Crippen LogP contribution in [0, 0.1) is 27.7 Å². The van der Waals surface area contributed by atoms with Crippen LogP contribution in [0.4, 0.5) is 0 Å². The van der Waals surface area contributed by atoms with Crippen molar-refractivity contribution in [3.05, 3.63) is 64.2 Å². The third-order valence-corrected chi connectivity index (χ3v) is 6.38. The first-order valence-corrected chi connectivity index (χ1v) is 9.87. The van der Waals surface area contributed by atoms with Crippen molar-refractivity contribution in [1.82, 2.24) is 4.72 Å². The van der Waals surface area contributed by atoms with Gasteiger partial charge in [-0.1, -0.05) is 36.4 Å². The maximum atomic E-state index is 13.1. The quantitative estimate of drug-likeness (QED) is 0.788. The average molecular weight is 375 g/mol. The van der Waals surface area contributed by atoms with Crippen LogP contribution in [0.3, 0.4) is 0 Å². The molecule has 0 radical (unpaired) electrons. The van der Waals surface area contributed by atoms with Crippen molar-refractivity contribution >= 4 is 16.0 Å². The highest BCUT2D eigenvalue weighted by molar-refractivity contribution is 7.89. The van der Waals surface area contributed by atoms with Crippen molar-refractivity contribution in [3.63, 3.8) is 0 Å². The standard InChI is InChI=1S/C20H25NO4S/c1-13-11-14(2)16(4)19(15(13)3)26(23,24)21-18(20(22)25-5)12-17-9-7-6-8-10-17/h6-11,18,21H,12H2,1-5H3. The van der Waals surface area contributed by atoms with E-state index in [1.54, 1.807) is 13.8 Å². The van der Waals surface area contributed by atoms with E-state index < -0.39 is 22.0 Å². The van der Waals surface area contributed by atoms with Gasteiger partial charge in [-0.25, -0.2) is 8.42 Å². The summed E-state index contributed by atoms with van der Waals surface area (Å²) in [6, 6.07) is 10.2. The molecule has 1 atom stereocenters. The van der Waals surface area contributed by atoms with Gasteiger partial charge in [-0.15, -0.1) is 0 Å². The smallest absolute Gasteiger partial charge is 0.324 e. The minimum absolute atomic E-state index is 0.218. The largest absolute Gasteiger partial charge is 0.468 e. The van der Waals surface area contributed by atoms with E-state index in [1.807, 2.05) is 50.2 Å². The number of benzene rings is 2. The number of sulfonamides is 1. The van der Waals surface area contributed by atoms with E-state index in [9.17, 15) is 13.2 Å². The number of carbonyl (C=O) groups excluding carboxylic acids is 1. The SMILES string of the molecule is COC(=O)C(Cc1ccccc1)NS(=O)(=O)c1c(C)c(C)cc(C)c1C. The van der Waals surface area contributed by atoms with Crippen molar-refractivity contribution < 1.29 is 17.9 Å². The van der Waals surface area contributed by atoms with Gasteiger partial charge in [0.05, 0.1) is 12.0 Å². The normalized spacial score (nSPS) is 12.7. The van der Waals surface area contributed by atoms with Gasteiger partial charge in [0, 0.05) is 0 Å². The van der Waals surface area contributed by atoms with Crippen LogP contribution in [-0.2, 0) is 26.0 Å². The van der Waals surface area contributed by atoms with Crippen LogP contribution < -0.4 is 4.72 Å². The van der Waals surface area contributed by atoms with Gasteiger partial charge in [0.15, 0.2) is 0 Å². The van der Waals surface area contributed by atoms with Crippen molar-refractivity contribution in [2.24, 2.45) is 0 Å². The number of esters is 1. The van der Waals surface area contributed by atoms with Gasteiger partial charge < -0.3 is 4.74 Å². The molecule has 26 heavy (non-hydrogen) atoms. The number of aryl methyl sites for hydroxylation is 2. The summed E-state index contributed by atoms with van der Waals surface area (Å²) < 4.78 is 33.5. The summed E-state index contributed by atoms with van der Waals surface area (Å²) in [6.45, 7) is 7.31. The first-order chi connectivity index (χ1) is 12.2. The van der Waals surface area contributed by atoms with Gasteiger partial charge in [-0.2, -0.15) is 4.72 Å². The Morgan fingerprint density at radius 3 is 2.08 bits per heavy atom. The average Bonchev–Trinajstić information content (AvgIpc) is 2.59. The van der Waals surface area contributed by atoms with Gasteiger partial charge in [0.2, 0.25) is 10.0 Å². The summed E-state index contributed by atoms with van der Waals surface area (Å²) in [5.74, 6) is -0.614. The van der Waals surface area contributed by atoms with Crippen LogP contribution in [0.25, 0.3) is 0 Å². The van der Waals surface area contributed by atoms with E-state index in [0.717, 1.165) is 16.7 Å². The molecule has 0 fully saturated rings. The summed E-state index contributed by atoms with van der Waals surface area (Å²) in [5.41, 5.74) is 4.00. The van der Waals surface area contributed by atoms with Crippen molar-refractivity contribution in [2.45, 2.75) is 45.1 Å². The Labute approximate surface area is 155 Å². The molecule has 0 saturated heterocycles. The maximum absolute atomic E-state index is 13.1. The second kappa shape index (κ2) is 8.01. The molecule has 0 saturated carbocycles. The molecule has 0 aliphatic carbocycles. The second-order valence-electron chi connectivity index (χ2n) is 6.48. The number of ether oxygens (including phenoxy) is 1. The Bertz CT molecular complexity index is 879. The van der Waals surface area contributed by atoms with Crippen LogP contribution in [0.15, 0.2) is 41.3 Å². The molecule has 6 heteroatoms. The zero-order valence-corrected chi connectivity index (χ0v) is 16.6. The monoisotopic (exact) mass is 375 g/mol. The van der Waals surface area contributed by atoms with Gasteiger partial charge in [0.1, 0.15) is 6.04 Å². The van der Waals surface area contributed by atoms with Gasteiger partial charge in [-0.3, -0.25) is 4.79 Å². The number of carbonyl (C=O) groups is 1. The Balaban J connectivity index is 2.43. The molecule has 2 rings (SSSR count). The zero-order valence-electron chi connectivity index (χ0n) is 15.8. The van der Waals surface area contributed by atoms with Crippen LogP contribution >= 0.6 is 0 Å². The van der Waals surface area contributed by atoms with E-state index in [4.69, 9.17) is 4.74 Å². The van der Waals surface area contributed by atoms with Crippen LogP contribution in [0.1, 0.15) is 27.8 Å². The lowest BCUT2D eigenvalue weighted by molar-refractivity contribution is -0.142.